The maximum atomic E-state index is 12.1. The van der Waals surface area contributed by atoms with Gasteiger partial charge in [-0.1, -0.05) is 17.3 Å². The number of nitrogens with zero attached hydrogens (tertiary/aromatic N) is 3. The molecule has 1 saturated carbocycles. The van der Waals surface area contributed by atoms with E-state index in [4.69, 9.17) is 4.52 Å². The van der Waals surface area contributed by atoms with Crippen molar-refractivity contribution in [3.8, 4) is 5.69 Å². The van der Waals surface area contributed by atoms with Crippen LogP contribution in [0.4, 0.5) is 0 Å². The Morgan fingerprint density at radius 3 is 2.83 bits per heavy atom. The van der Waals surface area contributed by atoms with Gasteiger partial charge in [0.05, 0.1) is 5.69 Å². The normalized spacial score (nSPS) is 13.8. The van der Waals surface area contributed by atoms with E-state index in [-0.39, 0.29) is 5.91 Å². The summed E-state index contributed by atoms with van der Waals surface area (Å²) in [5, 5.41) is 10.9. The molecule has 1 aliphatic rings. The molecule has 3 aromatic rings. The molecule has 0 saturated heterocycles. The molecule has 6 heteroatoms. The standard InChI is InChI=1S/C18H18N4O2/c23-18(16-12-17(24-21-16)14-4-5-14)19-10-8-13-2-6-15(7-3-13)22-11-1-9-20-22/h1-3,6-7,9,11-12,14H,4-5,8,10H2,(H,19,23). The van der Waals surface area contributed by atoms with Crippen molar-refractivity contribution in [1.82, 2.24) is 20.3 Å². The van der Waals surface area contributed by atoms with Crippen molar-refractivity contribution in [3.63, 3.8) is 0 Å². The van der Waals surface area contributed by atoms with E-state index in [1.165, 1.54) is 0 Å². The van der Waals surface area contributed by atoms with Gasteiger partial charge in [0.1, 0.15) is 5.76 Å². The maximum Gasteiger partial charge on any atom is 0.273 e. The van der Waals surface area contributed by atoms with Crippen LogP contribution in [0.25, 0.3) is 5.69 Å². The van der Waals surface area contributed by atoms with Crippen molar-refractivity contribution in [2.75, 3.05) is 6.54 Å². The van der Waals surface area contributed by atoms with Gasteiger partial charge in [-0.2, -0.15) is 5.10 Å². The highest BCUT2D eigenvalue weighted by Gasteiger charge is 2.28. The lowest BCUT2D eigenvalue weighted by Crippen LogP contribution is -2.25. The summed E-state index contributed by atoms with van der Waals surface area (Å²) in [6.45, 7) is 0.561. The fraction of sp³-hybridized carbons (Fsp3) is 0.278. The Kier molecular flexibility index (Phi) is 3.86. The van der Waals surface area contributed by atoms with Crippen molar-refractivity contribution in [2.24, 2.45) is 0 Å². The molecule has 122 valence electrons. The Bertz CT molecular complexity index is 817. The zero-order valence-corrected chi connectivity index (χ0v) is 13.2. The largest absolute Gasteiger partial charge is 0.360 e. The summed E-state index contributed by atoms with van der Waals surface area (Å²) in [4.78, 5) is 12.1. The molecule has 0 bridgehead atoms. The van der Waals surface area contributed by atoms with Crippen LogP contribution in [0.1, 0.15) is 40.6 Å². The molecule has 0 aliphatic heterocycles. The van der Waals surface area contributed by atoms with Gasteiger partial charge in [-0.3, -0.25) is 4.79 Å². The van der Waals surface area contributed by atoms with Gasteiger partial charge >= 0.3 is 0 Å². The highest BCUT2D eigenvalue weighted by molar-refractivity contribution is 5.92. The highest BCUT2D eigenvalue weighted by atomic mass is 16.5. The monoisotopic (exact) mass is 322 g/mol. The van der Waals surface area contributed by atoms with Crippen molar-refractivity contribution in [1.29, 1.82) is 0 Å². The van der Waals surface area contributed by atoms with Crippen molar-refractivity contribution in [3.05, 3.63) is 65.8 Å². The number of carbonyl (C=O) groups excluding carboxylic acids is 1. The average Bonchev–Trinajstić information content (AvgIpc) is 3.12. The summed E-state index contributed by atoms with van der Waals surface area (Å²) >= 11 is 0. The van der Waals surface area contributed by atoms with Crippen LogP contribution in [0.15, 0.2) is 53.3 Å². The van der Waals surface area contributed by atoms with E-state index < -0.39 is 0 Å². The van der Waals surface area contributed by atoms with Gasteiger partial charge in [0, 0.05) is 30.9 Å². The lowest BCUT2D eigenvalue weighted by Gasteiger charge is -2.05. The Balaban J connectivity index is 1.29. The van der Waals surface area contributed by atoms with E-state index >= 15 is 0 Å². The summed E-state index contributed by atoms with van der Waals surface area (Å²) in [5.74, 6) is 1.11. The van der Waals surface area contributed by atoms with Gasteiger partial charge in [-0.15, -0.1) is 0 Å². The molecule has 1 aliphatic carbocycles. The predicted molar refractivity (Wildman–Crippen MR) is 88.1 cm³/mol. The zero-order chi connectivity index (χ0) is 16.4. The zero-order valence-electron chi connectivity index (χ0n) is 13.2. The Morgan fingerprint density at radius 2 is 2.12 bits per heavy atom. The highest BCUT2D eigenvalue weighted by Crippen LogP contribution is 2.40. The van der Waals surface area contributed by atoms with E-state index in [9.17, 15) is 4.79 Å². The average molecular weight is 322 g/mol. The Morgan fingerprint density at radius 1 is 1.29 bits per heavy atom. The molecule has 2 aromatic heterocycles. The van der Waals surface area contributed by atoms with Crippen molar-refractivity contribution in [2.45, 2.75) is 25.2 Å². The molecule has 1 aromatic carbocycles. The van der Waals surface area contributed by atoms with Gasteiger partial charge < -0.3 is 9.84 Å². The van der Waals surface area contributed by atoms with E-state index in [1.807, 2.05) is 41.2 Å². The topological polar surface area (TPSA) is 73.0 Å². The molecule has 0 spiro atoms. The first-order chi connectivity index (χ1) is 11.8. The maximum absolute atomic E-state index is 12.1. The molecule has 4 rings (SSSR count). The van der Waals surface area contributed by atoms with E-state index in [2.05, 4.69) is 15.6 Å². The van der Waals surface area contributed by atoms with E-state index in [0.29, 0.717) is 18.2 Å². The third-order valence-corrected chi connectivity index (χ3v) is 4.15. The number of rotatable bonds is 6. The van der Waals surface area contributed by atoms with Gasteiger partial charge in [-0.05, 0) is 43.0 Å². The molecular weight excluding hydrogens is 304 g/mol. The van der Waals surface area contributed by atoms with Crippen LogP contribution in [-0.2, 0) is 6.42 Å². The fourth-order valence-corrected chi connectivity index (χ4v) is 2.60. The SMILES string of the molecule is O=C(NCCc1ccc(-n2cccn2)cc1)c1cc(C2CC2)on1. The molecule has 24 heavy (non-hydrogen) atoms. The smallest absolute Gasteiger partial charge is 0.273 e. The number of carbonyl (C=O) groups is 1. The minimum Gasteiger partial charge on any atom is -0.360 e. The number of benzene rings is 1. The number of hydrogen-bond acceptors (Lipinski definition) is 4. The van der Waals surface area contributed by atoms with Gasteiger partial charge in [0.15, 0.2) is 5.69 Å². The number of amides is 1. The van der Waals surface area contributed by atoms with Crippen LogP contribution in [-0.4, -0.2) is 27.4 Å². The molecule has 2 heterocycles. The van der Waals surface area contributed by atoms with E-state index in [1.54, 1.807) is 12.3 Å². The van der Waals surface area contributed by atoms with Crippen LogP contribution >= 0.6 is 0 Å². The summed E-state index contributed by atoms with van der Waals surface area (Å²) in [6.07, 6.45) is 6.68. The van der Waals surface area contributed by atoms with Crippen molar-refractivity contribution < 1.29 is 9.32 Å². The second-order valence-electron chi connectivity index (χ2n) is 6.01. The van der Waals surface area contributed by atoms with Gasteiger partial charge in [-0.25, -0.2) is 4.68 Å². The minimum atomic E-state index is -0.182. The molecule has 0 atom stereocenters. The third-order valence-electron chi connectivity index (χ3n) is 4.15. The van der Waals surface area contributed by atoms with Gasteiger partial charge in [0.25, 0.3) is 5.91 Å². The molecule has 0 unspecified atom stereocenters. The fourth-order valence-electron chi connectivity index (χ4n) is 2.60. The second kappa shape index (κ2) is 6.31. The quantitative estimate of drug-likeness (QED) is 0.757. The molecule has 1 fully saturated rings. The molecule has 1 amide bonds. The predicted octanol–water partition coefficient (Wildman–Crippen LogP) is 2.71. The van der Waals surface area contributed by atoms with Crippen LogP contribution in [0.2, 0.25) is 0 Å². The van der Waals surface area contributed by atoms with Crippen molar-refractivity contribution >= 4 is 5.91 Å². The molecule has 1 N–H and O–H groups in total. The van der Waals surface area contributed by atoms with E-state index in [0.717, 1.165) is 36.3 Å². The lowest BCUT2D eigenvalue weighted by atomic mass is 10.1. The van der Waals surface area contributed by atoms with Crippen LogP contribution in [0.5, 0.6) is 0 Å². The minimum absolute atomic E-state index is 0.182. The van der Waals surface area contributed by atoms with Crippen LogP contribution < -0.4 is 5.32 Å². The number of nitrogens with one attached hydrogen (secondary N) is 1. The lowest BCUT2D eigenvalue weighted by molar-refractivity contribution is 0.0945. The van der Waals surface area contributed by atoms with Crippen LogP contribution in [0, 0.1) is 0 Å². The number of hydrogen-bond donors (Lipinski definition) is 1. The number of aromatic nitrogens is 3. The third kappa shape index (κ3) is 3.22. The Labute approximate surface area is 139 Å². The first-order valence-corrected chi connectivity index (χ1v) is 8.13. The summed E-state index contributed by atoms with van der Waals surface area (Å²) in [6, 6.07) is 11.8. The Hall–Kier alpha value is -2.89. The van der Waals surface area contributed by atoms with Crippen LogP contribution in [0.3, 0.4) is 0 Å². The first-order valence-electron chi connectivity index (χ1n) is 8.13. The van der Waals surface area contributed by atoms with Gasteiger partial charge in [0.2, 0.25) is 0 Å². The summed E-state index contributed by atoms with van der Waals surface area (Å²) in [7, 11) is 0. The molecule has 6 nitrogen and oxygen atoms in total. The first kappa shape index (κ1) is 14.7. The molecule has 0 radical (unpaired) electrons. The summed E-state index contributed by atoms with van der Waals surface area (Å²) in [5.41, 5.74) is 2.54. The summed E-state index contributed by atoms with van der Waals surface area (Å²) < 4.78 is 7.02. The second-order valence-corrected chi connectivity index (χ2v) is 6.01. The molecular formula is C18H18N4O2.